The minimum atomic E-state index is -1.06. The molecule has 6 heteroatoms. The molecule has 0 bridgehead atoms. The number of carboxylic acids is 1. The van der Waals surface area contributed by atoms with Gasteiger partial charge in [-0.05, 0) is 58.7 Å². The molecule has 2 aromatic carbocycles. The molecule has 0 atom stereocenters. The highest BCUT2D eigenvalue weighted by molar-refractivity contribution is 9.10. The zero-order valence-electron chi connectivity index (χ0n) is 11.0. The molecule has 0 unspecified atom stereocenters. The quantitative estimate of drug-likeness (QED) is 0.781. The third-order valence-corrected chi connectivity index (χ3v) is 4.52. The molecule has 0 radical (unpaired) electrons. The minimum absolute atomic E-state index is 0.0961. The van der Waals surface area contributed by atoms with Crippen molar-refractivity contribution in [2.24, 2.45) is 0 Å². The van der Waals surface area contributed by atoms with Crippen LogP contribution in [0.5, 0.6) is 0 Å². The van der Waals surface area contributed by atoms with Gasteiger partial charge in [0, 0.05) is 20.2 Å². The van der Waals surface area contributed by atoms with Gasteiger partial charge in [-0.1, -0.05) is 22.0 Å². The van der Waals surface area contributed by atoms with Gasteiger partial charge >= 0.3 is 5.97 Å². The minimum Gasteiger partial charge on any atom is -0.478 e. The van der Waals surface area contributed by atoms with Gasteiger partial charge in [0.2, 0.25) is 0 Å². The summed E-state index contributed by atoms with van der Waals surface area (Å²) < 4.78 is 1.31. The van der Waals surface area contributed by atoms with Gasteiger partial charge in [-0.15, -0.1) is 0 Å². The van der Waals surface area contributed by atoms with Crippen LogP contribution in [-0.2, 0) is 0 Å². The van der Waals surface area contributed by atoms with Crippen LogP contribution >= 0.6 is 31.9 Å². The summed E-state index contributed by atoms with van der Waals surface area (Å²) in [4.78, 5) is 23.3. The number of nitrogens with one attached hydrogen (secondary N) is 1. The van der Waals surface area contributed by atoms with Crippen molar-refractivity contribution in [2.75, 3.05) is 5.32 Å². The maximum atomic E-state index is 12.3. The SMILES string of the molecule is Cc1c(Br)cccc1C(=O)Nc1ccc(Br)c(C(=O)O)c1. The van der Waals surface area contributed by atoms with Crippen LogP contribution in [0.2, 0.25) is 0 Å². The number of carbonyl (C=O) groups excluding carboxylic acids is 1. The normalized spacial score (nSPS) is 10.2. The summed E-state index contributed by atoms with van der Waals surface area (Å²) >= 11 is 6.54. The maximum Gasteiger partial charge on any atom is 0.336 e. The summed E-state index contributed by atoms with van der Waals surface area (Å²) in [5.41, 5.74) is 1.88. The van der Waals surface area contributed by atoms with Gasteiger partial charge < -0.3 is 10.4 Å². The molecule has 0 spiro atoms. The van der Waals surface area contributed by atoms with Crippen molar-refractivity contribution in [3.8, 4) is 0 Å². The van der Waals surface area contributed by atoms with Crippen LogP contribution in [0.25, 0.3) is 0 Å². The largest absolute Gasteiger partial charge is 0.478 e. The lowest BCUT2D eigenvalue weighted by Gasteiger charge is -2.10. The molecule has 108 valence electrons. The van der Waals surface area contributed by atoms with Crippen molar-refractivity contribution in [3.63, 3.8) is 0 Å². The van der Waals surface area contributed by atoms with Crippen LogP contribution in [-0.4, -0.2) is 17.0 Å². The zero-order chi connectivity index (χ0) is 15.6. The summed E-state index contributed by atoms with van der Waals surface area (Å²) in [5, 5.41) is 11.8. The Morgan fingerprint density at radius 2 is 1.76 bits per heavy atom. The lowest BCUT2D eigenvalue weighted by Crippen LogP contribution is -2.14. The number of anilines is 1. The fourth-order valence-corrected chi connectivity index (χ4v) is 2.60. The van der Waals surface area contributed by atoms with E-state index < -0.39 is 5.97 Å². The molecule has 0 saturated heterocycles. The molecule has 0 aliphatic carbocycles. The first-order valence-electron chi connectivity index (χ1n) is 5.99. The Balaban J connectivity index is 2.30. The van der Waals surface area contributed by atoms with Crippen LogP contribution < -0.4 is 5.32 Å². The second-order valence-corrected chi connectivity index (χ2v) is 6.07. The number of amides is 1. The van der Waals surface area contributed by atoms with E-state index in [9.17, 15) is 9.59 Å². The molecule has 0 aromatic heterocycles. The molecular weight excluding hydrogens is 402 g/mol. The standard InChI is InChI=1S/C15H11Br2NO3/c1-8-10(3-2-4-12(8)16)14(19)18-9-5-6-13(17)11(7-9)15(20)21/h2-7H,1H3,(H,18,19)(H,20,21). The summed E-state index contributed by atoms with van der Waals surface area (Å²) in [6, 6.07) is 9.99. The number of rotatable bonds is 3. The Kier molecular flexibility index (Phi) is 4.80. The predicted octanol–water partition coefficient (Wildman–Crippen LogP) is 4.47. The molecule has 21 heavy (non-hydrogen) atoms. The lowest BCUT2D eigenvalue weighted by molar-refractivity contribution is 0.0695. The number of hydrogen-bond donors (Lipinski definition) is 2. The fraction of sp³-hybridized carbons (Fsp3) is 0.0667. The molecular formula is C15H11Br2NO3. The van der Waals surface area contributed by atoms with Crippen molar-refractivity contribution in [1.82, 2.24) is 0 Å². The van der Waals surface area contributed by atoms with E-state index >= 15 is 0 Å². The first-order chi connectivity index (χ1) is 9.90. The fourth-order valence-electron chi connectivity index (χ4n) is 1.82. The van der Waals surface area contributed by atoms with Crippen molar-refractivity contribution in [3.05, 3.63) is 62.0 Å². The zero-order valence-corrected chi connectivity index (χ0v) is 14.2. The summed E-state index contributed by atoms with van der Waals surface area (Å²) in [7, 11) is 0. The number of halogens is 2. The van der Waals surface area contributed by atoms with E-state index in [1.165, 1.54) is 6.07 Å². The Labute approximate surface area is 138 Å². The predicted molar refractivity (Wildman–Crippen MR) is 87.9 cm³/mol. The van der Waals surface area contributed by atoms with E-state index in [1.54, 1.807) is 24.3 Å². The Hall–Kier alpha value is -1.66. The van der Waals surface area contributed by atoms with Crippen molar-refractivity contribution in [2.45, 2.75) is 6.92 Å². The van der Waals surface area contributed by atoms with E-state index in [-0.39, 0.29) is 11.5 Å². The number of hydrogen-bond acceptors (Lipinski definition) is 2. The molecule has 2 N–H and O–H groups in total. The van der Waals surface area contributed by atoms with E-state index in [0.717, 1.165) is 10.0 Å². The van der Waals surface area contributed by atoms with Gasteiger partial charge in [-0.2, -0.15) is 0 Å². The van der Waals surface area contributed by atoms with Gasteiger partial charge in [0.1, 0.15) is 0 Å². The third kappa shape index (κ3) is 3.51. The van der Waals surface area contributed by atoms with Gasteiger partial charge in [-0.25, -0.2) is 4.79 Å². The molecule has 2 aromatic rings. The first kappa shape index (κ1) is 15.7. The van der Waals surface area contributed by atoms with Crippen LogP contribution in [0.3, 0.4) is 0 Å². The Bertz CT molecular complexity index is 729. The number of benzene rings is 2. The molecule has 0 heterocycles. The maximum absolute atomic E-state index is 12.3. The molecule has 0 aliphatic heterocycles. The van der Waals surface area contributed by atoms with Crippen LogP contribution in [0, 0.1) is 6.92 Å². The molecule has 0 saturated carbocycles. The van der Waals surface area contributed by atoms with Crippen molar-refractivity contribution >= 4 is 49.4 Å². The Morgan fingerprint density at radius 3 is 2.43 bits per heavy atom. The number of carbonyl (C=O) groups is 2. The molecule has 0 aliphatic rings. The van der Waals surface area contributed by atoms with Crippen molar-refractivity contribution in [1.29, 1.82) is 0 Å². The monoisotopic (exact) mass is 411 g/mol. The summed E-state index contributed by atoms with van der Waals surface area (Å²) in [5.74, 6) is -1.34. The lowest BCUT2D eigenvalue weighted by atomic mass is 10.1. The average Bonchev–Trinajstić information content (AvgIpc) is 2.43. The van der Waals surface area contributed by atoms with Gasteiger partial charge in [0.15, 0.2) is 0 Å². The molecule has 0 fully saturated rings. The van der Waals surface area contributed by atoms with E-state index in [4.69, 9.17) is 5.11 Å². The van der Waals surface area contributed by atoms with Crippen LogP contribution in [0.1, 0.15) is 26.3 Å². The second-order valence-electron chi connectivity index (χ2n) is 4.37. The van der Waals surface area contributed by atoms with Gasteiger partial charge in [-0.3, -0.25) is 4.79 Å². The van der Waals surface area contributed by atoms with Gasteiger partial charge in [0.25, 0.3) is 5.91 Å². The van der Waals surface area contributed by atoms with Crippen LogP contribution in [0.4, 0.5) is 5.69 Å². The van der Waals surface area contributed by atoms with E-state index in [1.807, 2.05) is 13.0 Å². The highest BCUT2D eigenvalue weighted by Crippen LogP contribution is 2.23. The first-order valence-corrected chi connectivity index (χ1v) is 7.58. The van der Waals surface area contributed by atoms with Crippen LogP contribution in [0.15, 0.2) is 45.3 Å². The van der Waals surface area contributed by atoms with E-state index in [2.05, 4.69) is 37.2 Å². The third-order valence-electron chi connectivity index (χ3n) is 2.97. The summed E-state index contributed by atoms with van der Waals surface area (Å²) in [6.45, 7) is 1.84. The Morgan fingerprint density at radius 1 is 1.05 bits per heavy atom. The molecule has 4 nitrogen and oxygen atoms in total. The van der Waals surface area contributed by atoms with Crippen molar-refractivity contribution < 1.29 is 14.7 Å². The summed E-state index contributed by atoms with van der Waals surface area (Å²) in [6.07, 6.45) is 0. The second kappa shape index (κ2) is 6.41. The topological polar surface area (TPSA) is 66.4 Å². The number of aromatic carboxylic acids is 1. The molecule has 1 amide bonds. The number of carboxylic acid groups (broad SMARTS) is 1. The average molecular weight is 413 g/mol. The highest BCUT2D eigenvalue weighted by Gasteiger charge is 2.13. The molecule has 2 rings (SSSR count). The van der Waals surface area contributed by atoms with Gasteiger partial charge in [0.05, 0.1) is 5.56 Å². The highest BCUT2D eigenvalue weighted by atomic mass is 79.9. The van der Waals surface area contributed by atoms with E-state index in [0.29, 0.717) is 15.7 Å². The smallest absolute Gasteiger partial charge is 0.336 e.